The zero-order valence-corrected chi connectivity index (χ0v) is 14.6. The summed E-state index contributed by atoms with van der Waals surface area (Å²) in [5, 5.41) is 6.20. The Morgan fingerprint density at radius 1 is 1.28 bits per heavy atom. The van der Waals surface area contributed by atoms with Crippen molar-refractivity contribution in [3.8, 4) is 0 Å². The predicted molar refractivity (Wildman–Crippen MR) is 99.1 cm³/mol. The van der Waals surface area contributed by atoms with Crippen molar-refractivity contribution in [3.05, 3.63) is 59.3 Å². The number of nitrogens with zero attached hydrogens (tertiary/aromatic N) is 1. The fourth-order valence-corrected chi connectivity index (χ4v) is 3.30. The van der Waals surface area contributed by atoms with Crippen LogP contribution in [-0.4, -0.2) is 37.7 Å². The first-order valence-electron chi connectivity index (χ1n) is 8.83. The molecule has 1 atom stereocenters. The Bertz CT molecular complexity index is 700. The molecule has 0 saturated heterocycles. The van der Waals surface area contributed by atoms with Crippen LogP contribution in [0.5, 0.6) is 0 Å². The molecule has 0 unspecified atom stereocenters. The summed E-state index contributed by atoms with van der Waals surface area (Å²) in [6, 6.07) is 12.4. The highest BCUT2D eigenvalue weighted by molar-refractivity contribution is 5.94. The van der Waals surface area contributed by atoms with Crippen LogP contribution in [0, 0.1) is 0 Å². The lowest BCUT2D eigenvalue weighted by Gasteiger charge is -2.25. The van der Waals surface area contributed by atoms with Crippen LogP contribution in [-0.2, 0) is 11.2 Å². The minimum atomic E-state index is -0.127. The number of anilines is 1. The molecule has 0 spiro atoms. The van der Waals surface area contributed by atoms with Crippen LogP contribution in [0.25, 0.3) is 0 Å². The molecule has 1 aliphatic carbocycles. The number of benzene rings is 1. The molecule has 0 saturated carbocycles. The zero-order chi connectivity index (χ0) is 17.5. The first-order chi connectivity index (χ1) is 12.3. The molecule has 5 heteroatoms. The topological polar surface area (TPSA) is 63.2 Å². The number of hydrogen-bond donors (Lipinski definition) is 2. The summed E-state index contributed by atoms with van der Waals surface area (Å²) < 4.78 is 4.92. The van der Waals surface area contributed by atoms with Crippen molar-refractivity contribution in [3.63, 3.8) is 0 Å². The number of carbonyl (C=O) groups is 1. The molecule has 0 bridgehead atoms. The number of aromatic nitrogens is 1. The van der Waals surface area contributed by atoms with Gasteiger partial charge in [-0.2, -0.15) is 0 Å². The van der Waals surface area contributed by atoms with Gasteiger partial charge in [0.05, 0.1) is 12.2 Å². The van der Waals surface area contributed by atoms with Gasteiger partial charge in [-0.05, 0) is 42.5 Å². The maximum absolute atomic E-state index is 11.9. The number of fused-ring (bicyclic) bond motifs is 1. The second-order valence-electron chi connectivity index (χ2n) is 6.35. The highest BCUT2D eigenvalue weighted by atomic mass is 16.5. The molecule has 0 aliphatic heterocycles. The third-order valence-electron chi connectivity index (χ3n) is 4.64. The monoisotopic (exact) mass is 339 g/mol. The van der Waals surface area contributed by atoms with Crippen LogP contribution in [0.2, 0.25) is 0 Å². The van der Waals surface area contributed by atoms with Gasteiger partial charge in [0.2, 0.25) is 0 Å². The SMILES string of the molecule is COCCNC(=O)c1ccc(NC[C@@H]2CCCc3ccccc32)nc1. The highest BCUT2D eigenvalue weighted by Crippen LogP contribution is 2.31. The number of methoxy groups -OCH3 is 1. The van der Waals surface area contributed by atoms with Gasteiger partial charge in [-0.1, -0.05) is 24.3 Å². The molecule has 1 aromatic carbocycles. The number of rotatable bonds is 7. The number of hydrogen-bond acceptors (Lipinski definition) is 4. The summed E-state index contributed by atoms with van der Waals surface area (Å²) in [4.78, 5) is 16.3. The minimum Gasteiger partial charge on any atom is -0.383 e. The van der Waals surface area contributed by atoms with Gasteiger partial charge in [0.25, 0.3) is 5.91 Å². The van der Waals surface area contributed by atoms with Crippen molar-refractivity contribution in [2.24, 2.45) is 0 Å². The van der Waals surface area contributed by atoms with Gasteiger partial charge >= 0.3 is 0 Å². The molecule has 1 aliphatic rings. The maximum atomic E-state index is 11.9. The third-order valence-corrected chi connectivity index (χ3v) is 4.64. The molecular formula is C20H25N3O2. The summed E-state index contributed by atoms with van der Waals surface area (Å²) in [6.07, 6.45) is 5.22. The molecule has 0 fully saturated rings. The van der Waals surface area contributed by atoms with E-state index in [-0.39, 0.29) is 5.91 Å². The molecule has 3 rings (SSSR count). The predicted octanol–water partition coefficient (Wildman–Crippen LogP) is 2.99. The average molecular weight is 339 g/mol. The van der Waals surface area contributed by atoms with E-state index < -0.39 is 0 Å². The number of nitrogens with one attached hydrogen (secondary N) is 2. The highest BCUT2D eigenvalue weighted by Gasteiger charge is 2.19. The maximum Gasteiger partial charge on any atom is 0.252 e. The van der Waals surface area contributed by atoms with E-state index in [4.69, 9.17) is 4.74 Å². The number of aryl methyl sites for hydroxylation is 1. The molecule has 25 heavy (non-hydrogen) atoms. The Labute approximate surface area is 148 Å². The van der Waals surface area contributed by atoms with Gasteiger partial charge in [0, 0.05) is 32.3 Å². The normalized spacial score (nSPS) is 16.1. The lowest BCUT2D eigenvalue weighted by atomic mass is 9.83. The van der Waals surface area contributed by atoms with E-state index in [9.17, 15) is 4.79 Å². The van der Waals surface area contributed by atoms with Crippen molar-refractivity contribution in [2.75, 3.05) is 32.1 Å². The average Bonchev–Trinajstić information content (AvgIpc) is 2.67. The lowest BCUT2D eigenvalue weighted by molar-refractivity contribution is 0.0937. The van der Waals surface area contributed by atoms with Crippen molar-refractivity contribution < 1.29 is 9.53 Å². The lowest BCUT2D eigenvalue weighted by Crippen LogP contribution is -2.27. The van der Waals surface area contributed by atoms with Crippen LogP contribution >= 0.6 is 0 Å². The van der Waals surface area contributed by atoms with E-state index in [0.29, 0.717) is 24.6 Å². The van der Waals surface area contributed by atoms with Gasteiger partial charge in [-0.25, -0.2) is 4.98 Å². The van der Waals surface area contributed by atoms with E-state index in [1.807, 2.05) is 6.07 Å². The van der Waals surface area contributed by atoms with Crippen molar-refractivity contribution in [1.82, 2.24) is 10.3 Å². The number of carbonyl (C=O) groups excluding carboxylic acids is 1. The van der Waals surface area contributed by atoms with Gasteiger partial charge in [0.15, 0.2) is 0 Å². The molecule has 1 heterocycles. The molecule has 0 radical (unpaired) electrons. The van der Waals surface area contributed by atoms with Gasteiger partial charge in [-0.3, -0.25) is 4.79 Å². The number of ether oxygens (including phenoxy) is 1. The fourth-order valence-electron chi connectivity index (χ4n) is 3.30. The Morgan fingerprint density at radius 2 is 2.16 bits per heavy atom. The van der Waals surface area contributed by atoms with Crippen LogP contribution in [0.4, 0.5) is 5.82 Å². The van der Waals surface area contributed by atoms with E-state index in [1.165, 1.54) is 30.4 Å². The van der Waals surface area contributed by atoms with Crippen LogP contribution < -0.4 is 10.6 Å². The molecule has 2 N–H and O–H groups in total. The van der Waals surface area contributed by atoms with Gasteiger partial charge < -0.3 is 15.4 Å². The van der Waals surface area contributed by atoms with Crippen molar-refractivity contribution >= 4 is 11.7 Å². The van der Waals surface area contributed by atoms with Crippen LogP contribution in [0.1, 0.15) is 40.2 Å². The first kappa shape index (κ1) is 17.4. The van der Waals surface area contributed by atoms with Crippen molar-refractivity contribution in [2.45, 2.75) is 25.2 Å². The number of pyridine rings is 1. The fraction of sp³-hybridized carbons (Fsp3) is 0.400. The molecule has 1 amide bonds. The van der Waals surface area contributed by atoms with E-state index >= 15 is 0 Å². The van der Waals surface area contributed by atoms with E-state index in [0.717, 1.165) is 12.4 Å². The van der Waals surface area contributed by atoms with Crippen LogP contribution in [0.15, 0.2) is 42.6 Å². The van der Waals surface area contributed by atoms with E-state index in [1.54, 1.807) is 19.4 Å². The molecule has 132 valence electrons. The largest absolute Gasteiger partial charge is 0.383 e. The summed E-state index contributed by atoms with van der Waals surface area (Å²) in [5.41, 5.74) is 3.48. The summed E-state index contributed by atoms with van der Waals surface area (Å²) in [5.74, 6) is 1.19. The first-order valence-corrected chi connectivity index (χ1v) is 8.83. The minimum absolute atomic E-state index is 0.127. The zero-order valence-electron chi connectivity index (χ0n) is 14.6. The summed E-state index contributed by atoms with van der Waals surface area (Å²) in [6.45, 7) is 1.86. The third kappa shape index (κ3) is 4.57. The van der Waals surface area contributed by atoms with Gasteiger partial charge in [-0.15, -0.1) is 0 Å². The molecule has 1 aromatic heterocycles. The second-order valence-corrected chi connectivity index (χ2v) is 6.35. The van der Waals surface area contributed by atoms with Gasteiger partial charge in [0.1, 0.15) is 5.82 Å². The Hall–Kier alpha value is -2.40. The molecule has 5 nitrogen and oxygen atoms in total. The Balaban J connectivity index is 1.55. The summed E-state index contributed by atoms with van der Waals surface area (Å²) >= 11 is 0. The van der Waals surface area contributed by atoms with Crippen LogP contribution in [0.3, 0.4) is 0 Å². The molecular weight excluding hydrogens is 314 g/mol. The van der Waals surface area contributed by atoms with E-state index in [2.05, 4.69) is 39.9 Å². The molecule has 2 aromatic rings. The van der Waals surface area contributed by atoms with Crippen molar-refractivity contribution in [1.29, 1.82) is 0 Å². The summed E-state index contributed by atoms with van der Waals surface area (Å²) in [7, 11) is 1.61. The standard InChI is InChI=1S/C20H25N3O2/c1-25-12-11-21-20(24)17-9-10-19(23-14-17)22-13-16-7-4-6-15-5-2-3-8-18(15)16/h2-3,5,8-10,14,16H,4,6-7,11-13H2,1H3,(H,21,24)(H,22,23)/t16-/m0/s1. The Morgan fingerprint density at radius 3 is 2.96 bits per heavy atom. The second kappa shape index (κ2) is 8.62. The quantitative estimate of drug-likeness (QED) is 0.761. The Kier molecular flexibility index (Phi) is 6.01. The smallest absolute Gasteiger partial charge is 0.252 e. The number of amides is 1.